The number of hydrogen-bond donors (Lipinski definition) is 3. The first-order valence-corrected chi connectivity index (χ1v) is 23.3. The van der Waals surface area contributed by atoms with Crippen LogP contribution in [0.1, 0.15) is 117 Å². The van der Waals surface area contributed by atoms with E-state index in [1.807, 2.05) is 50.4 Å². The predicted octanol–water partition coefficient (Wildman–Crippen LogP) is 6.10. The van der Waals surface area contributed by atoms with E-state index in [4.69, 9.17) is 23.7 Å². The molecule has 1 aliphatic carbocycles. The maximum Gasteiger partial charge on any atom is 0.329 e. The van der Waals surface area contributed by atoms with Crippen molar-refractivity contribution in [1.29, 1.82) is 0 Å². The number of hydrogen-bond acceptors (Lipinski definition) is 13. The SMILES string of the molecule is CC[C@@H]1/C=C(\C)C[C@H](C)C[C@H](OC)[C@H]2OC(O)(C(=O)C(=O)N3CCCC[C@H]3C(=O)O[C@H](/C(C)=C/[C@@H]3CC[C@@H](O)[C@H](OCc4cccs4)C3)[C@H](C)[C@@H](O)CC1=O)[C@@H](C)C[C@@H]2OC. The first-order valence-electron chi connectivity index (χ1n) is 22.4. The number of nitrogens with zero attached hydrogens (tertiary/aromatic N) is 1. The molecule has 14 heteroatoms. The lowest BCUT2D eigenvalue weighted by atomic mass is 9.81. The maximum absolute atomic E-state index is 14.4. The van der Waals surface area contributed by atoms with Crippen molar-refractivity contribution >= 4 is 34.8 Å². The van der Waals surface area contributed by atoms with Gasteiger partial charge in [-0.3, -0.25) is 14.4 Å². The molecule has 0 aromatic carbocycles. The largest absolute Gasteiger partial charge is 0.456 e. The first kappa shape index (κ1) is 49.2. The van der Waals surface area contributed by atoms with Gasteiger partial charge < -0.3 is 43.9 Å². The molecular weight excluding hydrogens is 803 g/mol. The number of fused-ring (bicyclic) bond motifs is 3. The molecule has 13 nitrogen and oxygen atoms in total. The topological polar surface area (TPSA) is 178 Å². The molecule has 4 heterocycles. The molecule has 5 rings (SSSR count). The first-order chi connectivity index (χ1) is 29.0. The second-order valence-corrected chi connectivity index (χ2v) is 19.3. The van der Waals surface area contributed by atoms with Gasteiger partial charge in [-0.15, -0.1) is 11.3 Å². The Morgan fingerprint density at radius 3 is 2.36 bits per heavy atom. The van der Waals surface area contributed by atoms with E-state index in [-0.39, 0.29) is 43.4 Å². The summed E-state index contributed by atoms with van der Waals surface area (Å²) in [5.74, 6) is -7.58. The number of aliphatic hydroxyl groups is 3. The highest BCUT2D eigenvalue weighted by molar-refractivity contribution is 7.09. The van der Waals surface area contributed by atoms with Gasteiger partial charge in [0.25, 0.3) is 11.7 Å². The highest BCUT2D eigenvalue weighted by atomic mass is 32.1. The number of aliphatic hydroxyl groups excluding tert-OH is 2. The molecule has 1 unspecified atom stereocenters. The van der Waals surface area contributed by atoms with Crippen LogP contribution < -0.4 is 0 Å². The molecule has 14 atom stereocenters. The molecule has 2 bridgehead atoms. The number of esters is 1. The minimum atomic E-state index is -2.51. The van der Waals surface area contributed by atoms with E-state index in [1.54, 1.807) is 25.2 Å². The molecule has 3 N–H and O–H groups in total. The van der Waals surface area contributed by atoms with Crippen LogP contribution in [0.3, 0.4) is 0 Å². The van der Waals surface area contributed by atoms with Crippen molar-refractivity contribution in [3.8, 4) is 0 Å². The number of piperidine rings is 1. The van der Waals surface area contributed by atoms with Crippen molar-refractivity contribution in [2.24, 2.45) is 29.6 Å². The lowest BCUT2D eigenvalue weighted by molar-refractivity contribution is -0.302. The smallest absolute Gasteiger partial charge is 0.329 e. The molecule has 0 radical (unpaired) electrons. The van der Waals surface area contributed by atoms with Crippen LogP contribution in [-0.2, 0) is 49.5 Å². The number of amides is 1. The van der Waals surface area contributed by atoms with Crippen molar-refractivity contribution < 1.29 is 58.2 Å². The Labute approximate surface area is 366 Å². The summed E-state index contributed by atoms with van der Waals surface area (Å²) >= 11 is 1.59. The number of allylic oxidation sites excluding steroid dienone is 3. The van der Waals surface area contributed by atoms with E-state index < -0.39 is 90.0 Å². The third-order valence-corrected chi connectivity index (χ3v) is 14.5. The van der Waals surface area contributed by atoms with E-state index in [0.717, 1.165) is 10.5 Å². The van der Waals surface area contributed by atoms with Crippen LogP contribution in [0.4, 0.5) is 0 Å². The number of carbonyl (C=O) groups is 4. The van der Waals surface area contributed by atoms with Crippen LogP contribution in [0.5, 0.6) is 0 Å². The predicted molar refractivity (Wildman–Crippen MR) is 230 cm³/mol. The summed E-state index contributed by atoms with van der Waals surface area (Å²) in [6.45, 7) is 11.7. The minimum Gasteiger partial charge on any atom is -0.456 e. The van der Waals surface area contributed by atoms with Crippen LogP contribution in [0, 0.1) is 29.6 Å². The molecule has 3 aliphatic heterocycles. The van der Waals surface area contributed by atoms with Gasteiger partial charge in [-0.25, -0.2) is 4.79 Å². The lowest BCUT2D eigenvalue weighted by Gasteiger charge is -2.47. The fourth-order valence-corrected chi connectivity index (χ4v) is 10.5. The van der Waals surface area contributed by atoms with Crippen molar-refractivity contribution in [1.82, 2.24) is 4.90 Å². The molecule has 3 fully saturated rings. The number of cyclic esters (lactones) is 1. The second-order valence-electron chi connectivity index (χ2n) is 18.3. The molecule has 1 aromatic rings. The number of ketones is 2. The Morgan fingerprint density at radius 1 is 0.967 bits per heavy atom. The van der Waals surface area contributed by atoms with Crippen LogP contribution >= 0.6 is 11.3 Å². The maximum atomic E-state index is 14.4. The Bertz CT molecular complexity index is 1700. The highest BCUT2D eigenvalue weighted by Gasteiger charge is 2.56. The Balaban J connectivity index is 1.49. The van der Waals surface area contributed by atoms with Crippen molar-refractivity contribution in [3.05, 3.63) is 45.7 Å². The fraction of sp³-hybridized carbons (Fsp3) is 0.745. The number of methoxy groups -OCH3 is 2. The van der Waals surface area contributed by atoms with Crippen LogP contribution in [0.2, 0.25) is 0 Å². The van der Waals surface area contributed by atoms with E-state index >= 15 is 0 Å². The molecule has 2 saturated heterocycles. The van der Waals surface area contributed by atoms with Crippen molar-refractivity contribution in [3.63, 3.8) is 0 Å². The van der Waals surface area contributed by atoms with Crippen LogP contribution in [0.25, 0.3) is 0 Å². The van der Waals surface area contributed by atoms with Gasteiger partial charge in [-0.1, -0.05) is 51.5 Å². The summed E-state index contributed by atoms with van der Waals surface area (Å²) in [5.41, 5.74) is 1.66. The quantitative estimate of drug-likeness (QED) is 0.156. The number of Topliss-reactive ketones (excluding diaryl/α,β-unsaturated/α-hetero) is 2. The average molecular weight is 874 g/mol. The van der Waals surface area contributed by atoms with E-state index in [0.29, 0.717) is 63.5 Å². The summed E-state index contributed by atoms with van der Waals surface area (Å²) in [6, 6.07) is 2.80. The van der Waals surface area contributed by atoms with Crippen molar-refractivity contribution in [2.75, 3.05) is 20.8 Å². The third kappa shape index (κ3) is 12.1. The van der Waals surface area contributed by atoms with Crippen molar-refractivity contribution in [2.45, 2.75) is 173 Å². The number of rotatable bonds is 8. The Hall–Kier alpha value is -2.82. The summed E-state index contributed by atoms with van der Waals surface area (Å²) in [4.78, 5) is 59.2. The zero-order valence-corrected chi connectivity index (χ0v) is 38.3. The molecular formula is C47H71NO12S. The summed E-state index contributed by atoms with van der Waals surface area (Å²) in [6.07, 6.45) is 3.52. The zero-order valence-electron chi connectivity index (χ0n) is 37.5. The number of ether oxygens (including phenoxy) is 5. The van der Waals surface area contributed by atoms with E-state index in [9.17, 15) is 34.5 Å². The van der Waals surface area contributed by atoms with Crippen LogP contribution in [0.15, 0.2) is 40.8 Å². The van der Waals surface area contributed by atoms with Gasteiger partial charge in [0.15, 0.2) is 0 Å². The average Bonchev–Trinajstić information content (AvgIpc) is 3.77. The van der Waals surface area contributed by atoms with Crippen LogP contribution in [-0.4, -0.2) is 119 Å². The highest BCUT2D eigenvalue weighted by Crippen LogP contribution is 2.39. The summed E-state index contributed by atoms with van der Waals surface area (Å²) < 4.78 is 30.5. The Morgan fingerprint density at radius 2 is 1.69 bits per heavy atom. The van der Waals surface area contributed by atoms with E-state index in [1.165, 1.54) is 19.1 Å². The molecule has 1 saturated carbocycles. The van der Waals surface area contributed by atoms with E-state index in [2.05, 4.69) is 6.92 Å². The fourth-order valence-electron chi connectivity index (χ4n) is 9.90. The molecule has 342 valence electrons. The summed E-state index contributed by atoms with van der Waals surface area (Å²) in [7, 11) is 3.07. The normalized spacial score (nSPS) is 39.1. The molecule has 4 aliphatic rings. The monoisotopic (exact) mass is 873 g/mol. The van der Waals surface area contributed by atoms with Gasteiger partial charge in [0.1, 0.15) is 24.0 Å². The Kier molecular flexibility index (Phi) is 17.9. The summed E-state index contributed by atoms with van der Waals surface area (Å²) in [5, 5.41) is 36.7. The molecule has 61 heavy (non-hydrogen) atoms. The van der Waals surface area contributed by atoms with Gasteiger partial charge in [0.05, 0.1) is 37.1 Å². The third-order valence-electron chi connectivity index (χ3n) is 13.6. The standard InChI is InChI=1S/C47H71NO12S/c1-9-33-20-27(2)19-28(3)21-40(56-7)43-41(57-8)23-30(5)47(55,60-43)44(52)45(53)48-17-11-10-14-35(48)46(54)59-42(31(6)37(50)25-38(33)51)29(4)22-32-15-16-36(49)39(24-32)58-26-34-13-12-18-61-34/h12-13,18,20,22,28,30-33,35-37,39-43,49-50,55H,9-11,14-17,19,21,23-26H2,1-8H3/b27-20+,29-22+/t28-,30-,31+,32-,33+,35-,36+,37-,39+,40-,41-,42+,43+,47?/m0/s1. The number of carbonyl (C=O) groups excluding carboxylic acids is 4. The molecule has 0 spiro atoms. The van der Waals surface area contributed by atoms with Gasteiger partial charge in [0, 0.05) is 49.8 Å². The van der Waals surface area contributed by atoms with Gasteiger partial charge in [0.2, 0.25) is 5.79 Å². The second kappa shape index (κ2) is 22.2. The van der Waals surface area contributed by atoms with Gasteiger partial charge in [-0.05, 0) is 107 Å². The zero-order chi connectivity index (χ0) is 44.6. The van der Waals surface area contributed by atoms with Gasteiger partial charge >= 0.3 is 5.97 Å². The molecule has 1 aromatic heterocycles. The van der Waals surface area contributed by atoms with Gasteiger partial charge in [-0.2, -0.15) is 0 Å². The molecule has 1 amide bonds. The lowest BCUT2D eigenvalue weighted by Crippen LogP contribution is -2.64. The minimum absolute atomic E-state index is 0.0301. The number of thiophene rings is 1.